The van der Waals surface area contributed by atoms with Crippen LogP contribution < -0.4 is 27.4 Å². The Morgan fingerprint density at radius 3 is 2.72 bits per heavy atom. The van der Waals surface area contributed by atoms with E-state index in [9.17, 15) is 4.39 Å². The molecule has 0 bridgehead atoms. The lowest BCUT2D eigenvalue weighted by Gasteiger charge is -2.05. The van der Waals surface area contributed by atoms with E-state index in [-0.39, 0.29) is 5.03 Å². The van der Waals surface area contributed by atoms with Crippen molar-refractivity contribution in [1.82, 2.24) is 10.3 Å². The van der Waals surface area contributed by atoms with Crippen LogP contribution in [0.2, 0.25) is 0 Å². The van der Waals surface area contributed by atoms with E-state index in [0.717, 1.165) is 21.7 Å². The summed E-state index contributed by atoms with van der Waals surface area (Å²) in [5.41, 5.74) is 13.8. The predicted octanol–water partition coefficient (Wildman–Crippen LogP) is 3.27. The largest absolute Gasteiger partial charge is 0.405 e. The minimum absolute atomic E-state index is 0.258. The first kappa shape index (κ1) is 23.9. The Morgan fingerprint density at radius 1 is 1.31 bits per heavy atom. The van der Waals surface area contributed by atoms with Gasteiger partial charge in [0, 0.05) is 40.5 Å². The minimum atomic E-state index is -0.403. The van der Waals surface area contributed by atoms with E-state index >= 15 is 0 Å². The summed E-state index contributed by atoms with van der Waals surface area (Å²) in [5.74, 6) is -0.403. The molecule has 154 valence electrons. The lowest BCUT2D eigenvalue weighted by Crippen LogP contribution is -2.23. The standard InChI is InChI=1S/C23H28ClFN4/c1-4-21(24)14-22(25)7-6-12-28-17(2)9-10-19(15-27)13-20-16-29-18(3)23(20)8-5-11-26/h4-5,7-11,14-16,28-29H,1-3,6,12-13,26-27H2/b10-9-,11-5-,19-15+,21-14+,22-7+,23-8+. The summed E-state index contributed by atoms with van der Waals surface area (Å²) in [6.07, 6.45) is 17.4. The fourth-order valence-corrected chi connectivity index (χ4v) is 2.49. The van der Waals surface area contributed by atoms with Crippen molar-refractivity contribution in [3.8, 4) is 0 Å². The molecule has 0 aliphatic carbocycles. The molecule has 0 atom stereocenters. The molecule has 0 aliphatic heterocycles. The fraction of sp³-hybridized carbons (Fsp3) is 0.130. The number of nitrogens with one attached hydrogen (secondary N) is 2. The third kappa shape index (κ3) is 9.04. The van der Waals surface area contributed by atoms with Crippen molar-refractivity contribution < 1.29 is 4.39 Å². The van der Waals surface area contributed by atoms with Gasteiger partial charge in [0.2, 0.25) is 0 Å². The van der Waals surface area contributed by atoms with Gasteiger partial charge in [0.1, 0.15) is 5.83 Å². The Kier molecular flexibility index (Phi) is 10.8. The number of halogens is 2. The number of rotatable bonds is 11. The summed E-state index contributed by atoms with van der Waals surface area (Å²) >= 11 is 5.69. The highest BCUT2D eigenvalue weighted by atomic mass is 35.5. The van der Waals surface area contributed by atoms with Crippen LogP contribution in [0.3, 0.4) is 0 Å². The summed E-state index contributed by atoms with van der Waals surface area (Å²) in [6, 6.07) is 0. The fourth-order valence-electron chi connectivity index (χ4n) is 2.38. The normalized spacial score (nSPS) is 14.1. The summed E-state index contributed by atoms with van der Waals surface area (Å²) in [5, 5.41) is 5.17. The van der Waals surface area contributed by atoms with Gasteiger partial charge < -0.3 is 21.8 Å². The molecule has 0 spiro atoms. The highest BCUT2D eigenvalue weighted by molar-refractivity contribution is 6.31. The lowest BCUT2D eigenvalue weighted by molar-refractivity contribution is 0.656. The molecular weight excluding hydrogens is 387 g/mol. The van der Waals surface area contributed by atoms with Gasteiger partial charge in [-0.3, -0.25) is 0 Å². The third-order valence-corrected chi connectivity index (χ3v) is 4.14. The molecule has 6 N–H and O–H groups in total. The first-order chi connectivity index (χ1) is 13.9. The van der Waals surface area contributed by atoms with Crippen LogP contribution in [0.4, 0.5) is 4.39 Å². The molecule has 1 aromatic rings. The molecule has 0 saturated carbocycles. The molecule has 0 aromatic carbocycles. The highest BCUT2D eigenvalue weighted by Crippen LogP contribution is 2.09. The smallest absolute Gasteiger partial charge is 0.120 e. The van der Waals surface area contributed by atoms with Crippen molar-refractivity contribution in [3.05, 3.63) is 106 Å². The number of hydrogen-bond donors (Lipinski definition) is 4. The average Bonchev–Trinajstić information content (AvgIpc) is 3.05. The molecule has 1 rings (SSSR count). The van der Waals surface area contributed by atoms with Crippen molar-refractivity contribution in [1.29, 1.82) is 0 Å². The topological polar surface area (TPSA) is 79.9 Å². The molecule has 4 nitrogen and oxygen atoms in total. The van der Waals surface area contributed by atoms with Crippen LogP contribution in [0.5, 0.6) is 0 Å². The van der Waals surface area contributed by atoms with E-state index in [1.807, 2.05) is 24.4 Å². The number of nitrogens with two attached hydrogens (primary N) is 2. The van der Waals surface area contributed by atoms with Crippen LogP contribution >= 0.6 is 11.6 Å². The molecule has 1 heterocycles. The van der Waals surface area contributed by atoms with E-state index in [2.05, 4.69) is 30.0 Å². The maximum absolute atomic E-state index is 13.5. The lowest BCUT2D eigenvalue weighted by atomic mass is 10.1. The summed E-state index contributed by atoms with van der Waals surface area (Å²) in [4.78, 5) is 3.11. The maximum Gasteiger partial charge on any atom is 0.120 e. The third-order valence-electron chi connectivity index (χ3n) is 3.88. The van der Waals surface area contributed by atoms with Gasteiger partial charge in [-0.2, -0.15) is 0 Å². The Balaban J connectivity index is 2.63. The molecule has 0 radical (unpaired) electrons. The second-order valence-electron chi connectivity index (χ2n) is 6.07. The van der Waals surface area contributed by atoms with Crippen molar-refractivity contribution in [2.75, 3.05) is 6.54 Å². The first-order valence-corrected chi connectivity index (χ1v) is 9.39. The second-order valence-corrected chi connectivity index (χ2v) is 6.51. The van der Waals surface area contributed by atoms with Crippen LogP contribution in [-0.2, 0) is 6.42 Å². The van der Waals surface area contributed by atoms with E-state index in [0.29, 0.717) is 25.1 Å². The molecular formula is C23H28ClFN4. The summed E-state index contributed by atoms with van der Waals surface area (Å²) < 4.78 is 13.5. The molecule has 0 unspecified atom stereocenters. The second kappa shape index (κ2) is 13.1. The maximum atomic E-state index is 13.5. The van der Waals surface area contributed by atoms with Crippen molar-refractivity contribution >= 4 is 24.3 Å². The van der Waals surface area contributed by atoms with E-state index in [1.54, 1.807) is 12.3 Å². The van der Waals surface area contributed by atoms with Crippen LogP contribution in [0.25, 0.3) is 12.7 Å². The van der Waals surface area contributed by atoms with Gasteiger partial charge in [-0.05, 0) is 54.3 Å². The van der Waals surface area contributed by atoms with Gasteiger partial charge in [-0.1, -0.05) is 49.6 Å². The highest BCUT2D eigenvalue weighted by Gasteiger charge is 2.01. The van der Waals surface area contributed by atoms with Gasteiger partial charge in [-0.15, -0.1) is 0 Å². The average molecular weight is 415 g/mol. The zero-order valence-corrected chi connectivity index (χ0v) is 17.2. The van der Waals surface area contributed by atoms with Gasteiger partial charge >= 0.3 is 0 Å². The Labute approximate surface area is 176 Å². The minimum Gasteiger partial charge on any atom is -0.405 e. The molecule has 1 aromatic heterocycles. The zero-order chi connectivity index (χ0) is 21.6. The molecule has 0 amide bonds. The van der Waals surface area contributed by atoms with Crippen LogP contribution in [0, 0.1) is 0 Å². The number of aromatic amines is 1. The van der Waals surface area contributed by atoms with Crippen molar-refractivity contribution in [2.24, 2.45) is 11.5 Å². The van der Waals surface area contributed by atoms with E-state index in [4.69, 9.17) is 23.1 Å². The zero-order valence-electron chi connectivity index (χ0n) is 16.4. The molecule has 0 aliphatic rings. The first-order valence-electron chi connectivity index (χ1n) is 9.02. The van der Waals surface area contributed by atoms with E-state index in [1.165, 1.54) is 24.4 Å². The van der Waals surface area contributed by atoms with Crippen LogP contribution in [-0.4, -0.2) is 11.5 Å². The molecule has 29 heavy (non-hydrogen) atoms. The SMILES string of the molecule is C=C/C(Cl)=C\C(F)=C/CCNC(=C)/C=C\C(=C/N)Cc1c[nH]c(=C)/c1=C\C=C/N. The molecule has 0 saturated heterocycles. The van der Waals surface area contributed by atoms with Crippen LogP contribution in [0.15, 0.2) is 90.3 Å². The number of aromatic nitrogens is 1. The quantitative estimate of drug-likeness (QED) is 0.331. The predicted molar refractivity (Wildman–Crippen MR) is 124 cm³/mol. The molecule has 0 fully saturated rings. The van der Waals surface area contributed by atoms with Gasteiger partial charge in [0.15, 0.2) is 0 Å². The summed E-state index contributed by atoms with van der Waals surface area (Å²) in [6.45, 7) is 11.9. The Morgan fingerprint density at radius 2 is 2.07 bits per heavy atom. The molecule has 6 heteroatoms. The monoisotopic (exact) mass is 414 g/mol. The van der Waals surface area contributed by atoms with Crippen LogP contribution in [0.1, 0.15) is 12.0 Å². The number of allylic oxidation sites excluding steroid dienone is 8. The van der Waals surface area contributed by atoms with Gasteiger partial charge in [0.05, 0.1) is 0 Å². The van der Waals surface area contributed by atoms with Crippen molar-refractivity contribution in [2.45, 2.75) is 12.8 Å². The van der Waals surface area contributed by atoms with Crippen molar-refractivity contribution in [3.63, 3.8) is 0 Å². The Hall–Kier alpha value is -3.18. The summed E-state index contributed by atoms with van der Waals surface area (Å²) in [7, 11) is 0. The number of H-pyrrole nitrogens is 1. The Bertz CT molecular complexity index is 961. The van der Waals surface area contributed by atoms with Gasteiger partial charge in [0.25, 0.3) is 0 Å². The van der Waals surface area contributed by atoms with E-state index < -0.39 is 5.83 Å². The number of hydrogen-bond acceptors (Lipinski definition) is 3. The van der Waals surface area contributed by atoms with Gasteiger partial charge in [-0.25, -0.2) is 4.39 Å².